The summed E-state index contributed by atoms with van der Waals surface area (Å²) in [4.78, 5) is 4.28. The summed E-state index contributed by atoms with van der Waals surface area (Å²) in [6, 6.07) is 4.08. The molecule has 2 rings (SSSR count). The molecule has 0 aromatic carbocycles. The molecule has 0 aliphatic rings. The van der Waals surface area contributed by atoms with Crippen LogP contribution in [0.1, 0.15) is 26.3 Å². The van der Waals surface area contributed by atoms with Gasteiger partial charge in [-0.3, -0.25) is 0 Å². The molecule has 0 saturated carbocycles. The van der Waals surface area contributed by atoms with Crippen LogP contribution in [0, 0.1) is 0 Å². The van der Waals surface area contributed by atoms with Crippen molar-refractivity contribution >= 4 is 5.65 Å². The number of aromatic nitrogens is 2. The minimum atomic E-state index is 0.202. The summed E-state index contributed by atoms with van der Waals surface area (Å²) in [6.07, 6.45) is 5.99. The standard InChI is InChI=1S/C11H14N2/c1-11(2,3)9-7-10-12-5-4-6-13(10)8-9/h4-8H,1-3H3. The molecule has 0 fully saturated rings. The van der Waals surface area contributed by atoms with Gasteiger partial charge in [0, 0.05) is 18.6 Å². The van der Waals surface area contributed by atoms with Gasteiger partial charge in [-0.15, -0.1) is 0 Å². The van der Waals surface area contributed by atoms with Gasteiger partial charge < -0.3 is 4.40 Å². The van der Waals surface area contributed by atoms with Crippen LogP contribution in [0.15, 0.2) is 30.7 Å². The first kappa shape index (κ1) is 8.30. The zero-order chi connectivity index (χ0) is 9.47. The van der Waals surface area contributed by atoms with E-state index in [1.807, 2.05) is 18.5 Å². The Morgan fingerprint density at radius 1 is 1.31 bits per heavy atom. The van der Waals surface area contributed by atoms with Crippen LogP contribution in [-0.2, 0) is 5.41 Å². The van der Waals surface area contributed by atoms with Crippen molar-refractivity contribution in [3.05, 3.63) is 36.3 Å². The predicted molar refractivity (Wildman–Crippen MR) is 53.9 cm³/mol. The maximum Gasteiger partial charge on any atom is 0.136 e. The summed E-state index contributed by atoms with van der Waals surface area (Å²) in [5, 5.41) is 0. The Balaban J connectivity index is 2.63. The Bertz CT molecular complexity index is 388. The van der Waals surface area contributed by atoms with Crippen LogP contribution in [0.3, 0.4) is 0 Å². The van der Waals surface area contributed by atoms with Gasteiger partial charge in [-0.2, -0.15) is 0 Å². The van der Waals surface area contributed by atoms with Crippen molar-refractivity contribution in [3.8, 4) is 0 Å². The Morgan fingerprint density at radius 3 is 2.69 bits per heavy atom. The van der Waals surface area contributed by atoms with Crippen LogP contribution in [0.25, 0.3) is 5.65 Å². The lowest BCUT2D eigenvalue weighted by molar-refractivity contribution is 0.590. The first-order valence-electron chi connectivity index (χ1n) is 4.50. The number of hydrogen-bond acceptors (Lipinski definition) is 1. The molecule has 2 nitrogen and oxygen atoms in total. The fourth-order valence-corrected chi connectivity index (χ4v) is 1.35. The van der Waals surface area contributed by atoms with Crippen molar-refractivity contribution in [2.75, 3.05) is 0 Å². The number of rotatable bonds is 0. The van der Waals surface area contributed by atoms with Crippen molar-refractivity contribution in [3.63, 3.8) is 0 Å². The van der Waals surface area contributed by atoms with Gasteiger partial charge in [0.25, 0.3) is 0 Å². The molecule has 2 aromatic heterocycles. The molecule has 2 aromatic rings. The maximum atomic E-state index is 4.28. The summed E-state index contributed by atoms with van der Waals surface area (Å²) >= 11 is 0. The fraction of sp³-hybridized carbons (Fsp3) is 0.364. The zero-order valence-electron chi connectivity index (χ0n) is 8.28. The van der Waals surface area contributed by atoms with Crippen LogP contribution >= 0.6 is 0 Å². The van der Waals surface area contributed by atoms with E-state index in [2.05, 4.69) is 42.4 Å². The Morgan fingerprint density at radius 2 is 2.08 bits per heavy atom. The second-order valence-electron chi connectivity index (χ2n) is 4.36. The van der Waals surface area contributed by atoms with E-state index >= 15 is 0 Å². The first-order valence-corrected chi connectivity index (χ1v) is 4.50. The fourth-order valence-electron chi connectivity index (χ4n) is 1.35. The largest absolute Gasteiger partial charge is 0.308 e. The Kier molecular flexibility index (Phi) is 1.65. The molecule has 0 bridgehead atoms. The van der Waals surface area contributed by atoms with Crippen molar-refractivity contribution < 1.29 is 0 Å². The second-order valence-corrected chi connectivity index (χ2v) is 4.36. The molecule has 13 heavy (non-hydrogen) atoms. The highest BCUT2D eigenvalue weighted by atomic mass is 15.0. The van der Waals surface area contributed by atoms with Crippen LogP contribution in [0.5, 0.6) is 0 Å². The van der Waals surface area contributed by atoms with Gasteiger partial charge in [0.2, 0.25) is 0 Å². The molecule has 2 heterocycles. The van der Waals surface area contributed by atoms with Gasteiger partial charge >= 0.3 is 0 Å². The van der Waals surface area contributed by atoms with E-state index in [0.717, 1.165) is 5.65 Å². The van der Waals surface area contributed by atoms with Crippen molar-refractivity contribution in [2.24, 2.45) is 0 Å². The lowest BCUT2D eigenvalue weighted by Gasteiger charge is -2.15. The third-order valence-electron chi connectivity index (χ3n) is 2.23. The summed E-state index contributed by atoms with van der Waals surface area (Å²) in [7, 11) is 0. The zero-order valence-corrected chi connectivity index (χ0v) is 8.28. The molecule has 0 aliphatic heterocycles. The lowest BCUT2D eigenvalue weighted by atomic mass is 9.89. The van der Waals surface area contributed by atoms with E-state index in [-0.39, 0.29) is 5.41 Å². The highest BCUT2D eigenvalue weighted by Crippen LogP contribution is 2.23. The van der Waals surface area contributed by atoms with Gasteiger partial charge in [0.15, 0.2) is 0 Å². The van der Waals surface area contributed by atoms with E-state index in [4.69, 9.17) is 0 Å². The van der Waals surface area contributed by atoms with Crippen molar-refractivity contribution in [1.82, 2.24) is 9.38 Å². The third-order valence-corrected chi connectivity index (χ3v) is 2.23. The van der Waals surface area contributed by atoms with E-state index < -0.39 is 0 Å². The van der Waals surface area contributed by atoms with Crippen LogP contribution in [-0.4, -0.2) is 9.38 Å². The smallest absolute Gasteiger partial charge is 0.136 e. The van der Waals surface area contributed by atoms with Crippen molar-refractivity contribution in [2.45, 2.75) is 26.2 Å². The minimum absolute atomic E-state index is 0.202. The molecule has 2 heteroatoms. The average molecular weight is 174 g/mol. The molecule has 0 amide bonds. The molecule has 0 N–H and O–H groups in total. The van der Waals surface area contributed by atoms with Crippen LogP contribution in [0.4, 0.5) is 0 Å². The molecule has 0 radical (unpaired) electrons. The third kappa shape index (κ3) is 1.44. The normalized spacial score (nSPS) is 12.2. The molecule has 0 saturated heterocycles. The van der Waals surface area contributed by atoms with Gasteiger partial charge in [-0.1, -0.05) is 20.8 Å². The van der Waals surface area contributed by atoms with E-state index in [9.17, 15) is 0 Å². The van der Waals surface area contributed by atoms with E-state index in [1.165, 1.54) is 5.56 Å². The number of fused-ring (bicyclic) bond motifs is 1. The molecule has 0 aliphatic carbocycles. The van der Waals surface area contributed by atoms with Gasteiger partial charge in [-0.25, -0.2) is 4.98 Å². The Hall–Kier alpha value is -1.31. The molecular formula is C11H14N2. The molecular weight excluding hydrogens is 160 g/mol. The lowest BCUT2D eigenvalue weighted by Crippen LogP contribution is -2.09. The van der Waals surface area contributed by atoms with E-state index in [1.54, 1.807) is 0 Å². The van der Waals surface area contributed by atoms with Gasteiger partial charge in [0.05, 0.1) is 0 Å². The topological polar surface area (TPSA) is 17.3 Å². The second kappa shape index (κ2) is 2.59. The summed E-state index contributed by atoms with van der Waals surface area (Å²) in [6.45, 7) is 6.63. The summed E-state index contributed by atoms with van der Waals surface area (Å²) in [5.41, 5.74) is 2.55. The maximum absolute atomic E-state index is 4.28. The first-order chi connectivity index (χ1) is 6.07. The summed E-state index contributed by atoms with van der Waals surface area (Å²) < 4.78 is 2.06. The molecule has 0 unspecified atom stereocenters. The van der Waals surface area contributed by atoms with Gasteiger partial charge in [0.1, 0.15) is 5.65 Å². The monoisotopic (exact) mass is 174 g/mol. The van der Waals surface area contributed by atoms with Crippen LogP contribution in [0.2, 0.25) is 0 Å². The average Bonchev–Trinajstić information content (AvgIpc) is 2.45. The quantitative estimate of drug-likeness (QED) is 0.600. The minimum Gasteiger partial charge on any atom is -0.308 e. The van der Waals surface area contributed by atoms with Crippen molar-refractivity contribution in [1.29, 1.82) is 0 Å². The SMILES string of the molecule is CC(C)(C)c1cc2ncccn2c1. The highest BCUT2D eigenvalue weighted by molar-refractivity contribution is 5.44. The molecule has 0 spiro atoms. The Labute approximate surface area is 78.2 Å². The van der Waals surface area contributed by atoms with E-state index in [0.29, 0.717) is 0 Å². The molecule has 68 valence electrons. The number of nitrogens with zero attached hydrogens (tertiary/aromatic N) is 2. The highest BCUT2D eigenvalue weighted by Gasteiger charge is 2.15. The van der Waals surface area contributed by atoms with Crippen LogP contribution < -0.4 is 0 Å². The van der Waals surface area contributed by atoms with Gasteiger partial charge in [-0.05, 0) is 23.1 Å². The summed E-state index contributed by atoms with van der Waals surface area (Å²) in [5.74, 6) is 0. The molecule has 0 atom stereocenters. The predicted octanol–water partition coefficient (Wildman–Crippen LogP) is 2.63. The number of hydrogen-bond donors (Lipinski definition) is 0.